The SMILES string of the molecule is CC.COc1ncnc2c1c(C)nn2C1CC(O)C(CO)O1. The van der Waals surface area contributed by atoms with Crippen LogP contribution in [0.15, 0.2) is 6.33 Å². The molecule has 1 aliphatic heterocycles. The standard InChI is InChI=1S/C12H16N4O4.C2H6/c1-6-10-11(13-5-14-12(10)19-2)16(15-6)9-3-7(18)8(4-17)20-9;1-2/h5,7-9,17-18H,3-4H2,1-2H3;1-2H3. The van der Waals surface area contributed by atoms with Gasteiger partial charge in [-0.3, -0.25) is 0 Å². The summed E-state index contributed by atoms with van der Waals surface area (Å²) in [5.41, 5.74) is 1.31. The summed E-state index contributed by atoms with van der Waals surface area (Å²) in [4.78, 5) is 8.27. The molecule has 3 rings (SSSR count). The first-order valence-electron chi connectivity index (χ1n) is 7.34. The van der Waals surface area contributed by atoms with Crippen LogP contribution in [-0.4, -0.2) is 55.9 Å². The van der Waals surface area contributed by atoms with Crippen molar-refractivity contribution in [2.45, 2.75) is 45.6 Å². The fourth-order valence-corrected chi connectivity index (χ4v) is 2.49. The lowest BCUT2D eigenvalue weighted by molar-refractivity contribution is -0.0471. The molecule has 122 valence electrons. The Hall–Kier alpha value is -1.77. The summed E-state index contributed by atoms with van der Waals surface area (Å²) in [6.45, 7) is 5.60. The first-order valence-corrected chi connectivity index (χ1v) is 7.34. The van der Waals surface area contributed by atoms with E-state index >= 15 is 0 Å². The quantitative estimate of drug-likeness (QED) is 0.864. The van der Waals surface area contributed by atoms with Crippen LogP contribution in [0.2, 0.25) is 0 Å². The number of ether oxygens (including phenoxy) is 2. The smallest absolute Gasteiger partial charge is 0.227 e. The Morgan fingerprint density at radius 2 is 2.14 bits per heavy atom. The number of methoxy groups -OCH3 is 1. The summed E-state index contributed by atoms with van der Waals surface area (Å²) in [5.74, 6) is 0.455. The minimum absolute atomic E-state index is 0.228. The normalized spacial score (nSPS) is 24.2. The summed E-state index contributed by atoms with van der Waals surface area (Å²) >= 11 is 0. The van der Waals surface area contributed by atoms with Crippen molar-refractivity contribution < 1.29 is 19.7 Å². The highest BCUT2D eigenvalue weighted by Gasteiger charge is 2.36. The van der Waals surface area contributed by atoms with E-state index in [1.165, 1.54) is 13.4 Å². The minimum Gasteiger partial charge on any atom is -0.480 e. The molecular formula is C14H22N4O4. The molecule has 0 radical (unpaired) electrons. The van der Waals surface area contributed by atoms with E-state index in [-0.39, 0.29) is 6.61 Å². The maximum Gasteiger partial charge on any atom is 0.227 e. The van der Waals surface area contributed by atoms with Gasteiger partial charge < -0.3 is 19.7 Å². The number of hydrogen-bond acceptors (Lipinski definition) is 7. The largest absolute Gasteiger partial charge is 0.480 e. The lowest BCUT2D eigenvalue weighted by atomic mass is 10.2. The molecule has 8 nitrogen and oxygen atoms in total. The van der Waals surface area contributed by atoms with Crippen LogP contribution in [0.1, 0.15) is 32.2 Å². The average molecular weight is 310 g/mol. The molecule has 1 saturated heterocycles. The Bertz CT molecular complexity index is 631. The second-order valence-electron chi connectivity index (χ2n) is 4.73. The molecule has 0 amide bonds. The molecule has 2 aromatic rings. The van der Waals surface area contributed by atoms with Gasteiger partial charge in [-0.2, -0.15) is 5.10 Å². The van der Waals surface area contributed by atoms with E-state index < -0.39 is 18.4 Å². The van der Waals surface area contributed by atoms with Gasteiger partial charge in [0.25, 0.3) is 0 Å². The predicted molar refractivity (Wildman–Crippen MR) is 79.6 cm³/mol. The van der Waals surface area contributed by atoms with Gasteiger partial charge in [-0.25, -0.2) is 14.6 Å². The fraction of sp³-hybridized carbons (Fsp3) is 0.643. The molecular weight excluding hydrogens is 288 g/mol. The molecule has 8 heteroatoms. The minimum atomic E-state index is -0.715. The molecule has 0 aromatic carbocycles. The van der Waals surface area contributed by atoms with E-state index in [1.807, 2.05) is 20.8 Å². The van der Waals surface area contributed by atoms with Crippen molar-refractivity contribution in [3.8, 4) is 5.88 Å². The summed E-state index contributed by atoms with van der Waals surface area (Å²) in [7, 11) is 1.54. The summed E-state index contributed by atoms with van der Waals surface area (Å²) < 4.78 is 12.4. The molecule has 2 N–H and O–H groups in total. The van der Waals surface area contributed by atoms with Crippen LogP contribution in [0, 0.1) is 6.92 Å². The van der Waals surface area contributed by atoms with Crippen LogP contribution in [0.3, 0.4) is 0 Å². The number of aliphatic hydroxyl groups excluding tert-OH is 2. The molecule has 0 bridgehead atoms. The lowest BCUT2D eigenvalue weighted by Crippen LogP contribution is -2.24. The number of fused-ring (bicyclic) bond motifs is 1. The van der Waals surface area contributed by atoms with Crippen molar-refractivity contribution in [1.82, 2.24) is 19.7 Å². The Kier molecular flexibility index (Phi) is 5.28. The van der Waals surface area contributed by atoms with Crippen LogP contribution in [0.4, 0.5) is 0 Å². The third kappa shape index (κ3) is 2.77. The molecule has 3 heterocycles. The number of nitrogens with zero attached hydrogens (tertiary/aromatic N) is 4. The summed E-state index contributed by atoms with van der Waals surface area (Å²) in [5, 5.41) is 24.1. The topological polar surface area (TPSA) is 103 Å². The van der Waals surface area contributed by atoms with Crippen molar-refractivity contribution in [3.63, 3.8) is 0 Å². The van der Waals surface area contributed by atoms with Gasteiger partial charge in [-0.15, -0.1) is 0 Å². The molecule has 0 spiro atoms. The number of aromatic nitrogens is 4. The highest BCUT2D eigenvalue weighted by Crippen LogP contribution is 2.33. The maximum absolute atomic E-state index is 9.82. The van der Waals surface area contributed by atoms with E-state index in [0.717, 1.165) is 11.1 Å². The predicted octanol–water partition coefficient (Wildman–Crippen LogP) is 0.810. The van der Waals surface area contributed by atoms with Crippen molar-refractivity contribution in [2.24, 2.45) is 0 Å². The molecule has 0 saturated carbocycles. The Morgan fingerprint density at radius 3 is 2.73 bits per heavy atom. The Balaban J connectivity index is 0.000000847. The van der Waals surface area contributed by atoms with Crippen molar-refractivity contribution in [1.29, 1.82) is 0 Å². The molecule has 1 fully saturated rings. The summed E-state index contributed by atoms with van der Waals surface area (Å²) in [6.07, 6.45) is -0.0175. The van der Waals surface area contributed by atoms with E-state index in [1.54, 1.807) is 4.68 Å². The zero-order chi connectivity index (χ0) is 16.3. The molecule has 2 aromatic heterocycles. The van der Waals surface area contributed by atoms with Gasteiger partial charge >= 0.3 is 0 Å². The van der Waals surface area contributed by atoms with E-state index in [2.05, 4.69) is 15.1 Å². The van der Waals surface area contributed by atoms with E-state index in [4.69, 9.17) is 14.6 Å². The monoisotopic (exact) mass is 310 g/mol. The Morgan fingerprint density at radius 1 is 1.41 bits per heavy atom. The van der Waals surface area contributed by atoms with Gasteiger partial charge in [0.2, 0.25) is 5.88 Å². The van der Waals surface area contributed by atoms with Gasteiger partial charge in [0.05, 0.1) is 25.5 Å². The maximum atomic E-state index is 9.82. The third-order valence-electron chi connectivity index (χ3n) is 3.48. The van der Waals surface area contributed by atoms with E-state index in [0.29, 0.717) is 17.9 Å². The number of aryl methyl sites for hydroxylation is 1. The van der Waals surface area contributed by atoms with Gasteiger partial charge in [-0.05, 0) is 6.92 Å². The van der Waals surface area contributed by atoms with Gasteiger partial charge in [0, 0.05) is 6.42 Å². The van der Waals surface area contributed by atoms with E-state index in [9.17, 15) is 5.11 Å². The fourth-order valence-electron chi connectivity index (χ4n) is 2.49. The second kappa shape index (κ2) is 6.99. The van der Waals surface area contributed by atoms with Gasteiger partial charge in [0.15, 0.2) is 11.9 Å². The highest BCUT2D eigenvalue weighted by atomic mass is 16.5. The van der Waals surface area contributed by atoms with Crippen LogP contribution in [0.5, 0.6) is 5.88 Å². The molecule has 0 aliphatic carbocycles. The highest BCUT2D eigenvalue weighted by molar-refractivity contribution is 5.83. The van der Waals surface area contributed by atoms with Crippen LogP contribution in [0.25, 0.3) is 11.0 Å². The average Bonchev–Trinajstić information content (AvgIpc) is 3.09. The molecule has 1 aliphatic rings. The van der Waals surface area contributed by atoms with Crippen LogP contribution in [-0.2, 0) is 4.74 Å². The Labute approximate surface area is 128 Å². The lowest BCUT2D eigenvalue weighted by Gasteiger charge is -2.12. The van der Waals surface area contributed by atoms with Crippen molar-refractivity contribution >= 4 is 11.0 Å². The molecule has 3 unspecified atom stereocenters. The first-order chi connectivity index (χ1) is 10.7. The van der Waals surface area contributed by atoms with Crippen molar-refractivity contribution in [3.05, 3.63) is 12.0 Å². The first kappa shape index (κ1) is 16.6. The molecule has 3 atom stereocenters. The number of hydrogen-bond donors (Lipinski definition) is 2. The second-order valence-corrected chi connectivity index (χ2v) is 4.73. The zero-order valence-corrected chi connectivity index (χ0v) is 13.2. The van der Waals surface area contributed by atoms with Gasteiger partial charge in [-0.1, -0.05) is 13.8 Å². The summed E-state index contributed by atoms with van der Waals surface area (Å²) in [6, 6.07) is 0. The van der Waals surface area contributed by atoms with Crippen molar-refractivity contribution in [2.75, 3.05) is 13.7 Å². The van der Waals surface area contributed by atoms with Gasteiger partial charge in [0.1, 0.15) is 17.8 Å². The number of rotatable bonds is 3. The third-order valence-corrected chi connectivity index (χ3v) is 3.48. The van der Waals surface area contributed by atoms with Crippen LogP contribution < -0.4 is 4.74 Å². The van der Waals surface area contributed by atoms with Crippen LogP contribution >= 0.6 is 0 Å². The zero-order valence-electron chi connectivity index (χ0n) is 13.2. The molecule has 22 heavy (non-hydrogen) atoms. The number of aliphatic hydroxyl groups is 2.